The van der Waals surface area contributed by atoms with Crippen LogP contribution in [0, 0.1) is 0 Å². The first-order chi connectivity index (χ1) is 13.1. The van der Waals surface area contributed by atoms with Gasteiger partial charge in [0.05, 0.1) is 11.1 Å². The molecule has 1 aliphatic heterocycles. The molecule has 7 nitrogen and oxygen atoms in total. The van der Waals surface area contributed by atoms with Crippen LogP contribution in [0.3, 0.4) is 0 Å². The molecule has 27 heavy (non-hydrogen) atoms. The summed E-state index contributed by atoms with van der Waals surface area (Å²) in [5.74, 6) is -0.143. The van der Waals surface area contributed by atoms with Crippen LogP contribution >= 0.6 is 0 Å². The van der Waals surface area contributed by atoms with Crippen LogP contribution in [0.4, 0.5) is 0 Å². The Morgan fingerprint density at radius 1 is 1.26 bits per heavy atom. The summed E-state index contributed by atoms with van der Waals surface area (Å²) in [6, 6.07) is 7.16. The van der Waals surface area contributed by atoms with Crippen molar-refractivity contribution < 1.29 is 4.79 Å². The monoisotopic (exact) mass is 365 g/mol. The third-order valence-corrected chi connectivity index (χ3v) is 5.23. The summed E-state index contributed by atoms with van der Waals surface area (Å²) < 4.78 is 1.25. The van der Waals surface area contributed by atoms with Gasteiger partial charge in [-0.25, -0.2) is 4.68 Å². The normalized spacial score (nSPS) is 13.8. The number of aromatic nitrogens is 4. The molecule has 3 aromatic rings. The van der Waals surface area contributed by atoms with E-state index in [2.05, 4.69) is 22.2 Å². The van der Waals surface area contributed by atoms with E-state index >= 15 is 0 Å². The fraction of sp³-hybridized carbons (Fsp3) is 0.400. The van der Waals surface area contributed by atoms with E-state index in [4.69, 9.17) is 0 Å². The fourth-order valence-electron chi connectivity index (χ4n) is 3.69. The molecule has 1 amide bonds. The van der Waals surface area contributed by atoms with Gasteiger partial charge in [-0.15, -0.1) is 0 Å². The van der Waals surface area contributed by atoms with E-state index in [1.54, 1.807) is 25.2 Å². The van der Waals surface area contributed by atoms with Gasteiger partial charge in [0.15, 0.2) is 5.69 Å². The molecule has 0 fully saturated rings. The number of fused-ring (bicyclic) bond motifs is 2. The molecule has 1 N–H and O–H groups in total. The highest BCUT2D eigenvalue weighted by atomic mass is 16.2. The van der Waals surface area contributed by atoms with Gasteiger partial charge in [0.1, 0.15) is 0 Å². The molecule has 0 bridgehead atoms. The van der Waals surface area contributed by atoms with E-state index in [9.17, 15) is 9.59 Å². The predicted octanol–water partition coefficient (Wildman–Crippen LogP) is 2.20. The summed E-state index contributed by atoms with van der Waals surface area (Å²) in [6.07, 6.45) is 3.87. The van der Waals surface area contributed by atoms with E-state index in [-0.39, 0.29) is 11.5 Å². The second-order valence-electron chi connectivity index (χ2n) is 7.03. The summed E-state index contributed by atoms with van der Waals surface area (Å²) in [5.41, 5.74) is 3.46. The molecule has 0 aliphatic carbocycles. The number of unbranched alkanes of at least 4 members (excludes halogenated alkanes) is 1. The molecule has 2 aromatic heterocycles. The highest BCUT2D eigenvalue weighted by molar-refractivity contribution is 6.04. The van der Waals surface area contributed by atoms with Gasteiger partial charge in [0.25, 0.3) is 11.5 Å². The van der Waals surface area contributed by atoms with Gasteiger partial charge in [0, 0.05) is 43.2 Å². The first-order valence-electron chi connectivity index (χ1n) is 9.40. The summed E-state index contributed by atoms with van der Waals surface area (Å²) in [7, 11) is 1.58. The molecule has 0 atom stereocenters. The molecule has 140 valence electrons. The van der Waals surface area contributed by atoms with Gasteiger partial charge < -0.3 is 4.90 Å². The Labute approximate surface area is 157 Å². The molecule has 1 aromatic carbocycles. The lowest BCUT2D eigenvalue weighted by Gasteiger charge is -2.27. The molecular formula is C20H23N5O2. The Kier molecular flexibility index (Phi) is 4.51. The molecular weight excluding hydrogens is 342 g/mol. The van der Waals surface area contributed by atoms with Crippen molar-refractivity contribution in [2.24, 2.45) is 7.05 Å². The van der Waals surface area contributed by atoms with Gasteiger partial charge in [-0.05, 0) is 18.9 Å². The largest absolute Gasteiger partial charge is 0.332 e. The number of rotatable bonds is 4. The number of carbonyl (C=O) groups excluding carboxylic acids is 1. The van der Waals surface area contributed by atoms with E-state index in [1.165, 1.54) is 4.68 Å². The van der Waals surface area contributed by atoms with Crippen LogP contribution in [0.1, 0.15) is 47.2 Å². The predicted molar refractivity (Wildman–Crippen MR) is 103 cm³/mol. The lowest BCUT2D eigenvalue weighted by Crippen LogP contribution is -2.37. The van der Waals surface area contributed by atoms with Gasteiger partial charge >= 0.3 is 0 Å². The Hall–Kier alpha value is -2.96. The van der Waals surface area contributed by atoms with E-state index in [0.29, 0.717) is 29.6 Å². The van der Waals surface area contributed by atoms with E-state index in [1.807, 2.05) is 11.0 Å². The smallest absolute Gasteiger partial charge is 0.275 e. The molecule has 0 radical (unpaired) electrons. The molecule has 0 unspecified atom stereocenters. The van der Waals surface area contributed by atoms with Crippen LogP contribution in [0.15, 0.2) is 29.1 Å². The molecule has 0 saturated carbocycles. The van der Waals surface area contributed by atoms with Crippen LogP contribution in [-0.4, -0.2) is 37.3 Å². The highest BCUT2D eigenvalue weighted by Crippen LogP contribution is 2.24. The number of H-pyrrole nitrogens is 1. The first-order valence-corrected chi connectivity index (χ1v) is 9.40. The van der Waals surface area contributed by atoms with Crippen molar-refractivity contribution in [2.75, 3.05) is 6.54 Å². The number of amides is 1. The zero-order valence-electron chi connectivity index (χ0n) is 15.7. The zero-order chi connectivity index (χ0) is 19.0. The lowest BCUT2D eigenvalue weighted by molar-refractivity contribution is 0.0727. The number of aryl methyl sites for hydroxylation is 2. The Morgan fingerprint density at radius 3 is 2.81 bits per heavy atom. The van der Waals surface area contributed by atoms with Crippen molar-refractivity contribution in [2.45, 2.75) is 39.2 Å². The lowest BCUT2D eigenvalue weighted by atomic mass is 10.0. The molecule has 0 spiro atoms. The third-order valence-electron chi connectivity index (χ3n) is 5.23. The van der Waals surface area contributed by atoms with Gasteiger partial charge in [-0.3, -0.25) is 14.7 Å². The second kappa shape index (κ2) is 6.98. The standard InChI is InChI=1S/C20H23N5O2/c1-3-4-9-16-15-12-25(11-10-17(15)22-21-16)20(27)18-13-7-5-6-8-14(13)19(26)24(2)23-18/h5-8H,3-4,9-12H2,1-2H3,(H,21,22). The summed E-state index contributed by atoms with van der Waals surface area (Å²) in [6.45, 7) is 3.30. The number of benzene rings is 1. The van der Waals surface area contributed by atoms with Crippen molar-refractivity contribution >= 4 is 16.7 Å². The van der Waals surface area contributed by atoms with Crippen molar-refractivity contribution in [1.29, 1.82) is 0 Å². The van der Waals surface area contributed by atoms with Crippen LogP contribution in [0.25, 0.3) is 10.8 Å². The Morgan fingerprint density at radius 2 is 2.04 bits per heavy atom. The zero-order valence-corrected chi connectivity index (χ0v) is 15.7. The van der Waals surface area contributed by atoms with Crippen molar-refractivity contribution in [1.82, 2.24) is 24.9 Å². The average Bonchev–Trinajstić information content (AvgIpc) is 3.10. The van der Waals surface area contributed by atoms with Crippen LogP contribution in [0.2, 0.25) is 0 Å². The maximum absolute atomic E-state index is 13.3. The second-order valence-corrected chi connectivity index (χ2v) is 7.03. The van der Waals surface area contributed by atoms with E-state index < -0.39 is 0 Å². The SMILES string of the molecule is CCCCc1n[nH]c2c1CN(C(=O)c1nn(C)c(=O)c3ccccc13)CC2. The van der Waals surface area contributed by atoms with Crippen molar-refractivity contribution in [3.8, 4) is 0 Å². The number of hydrogen-bond donors (Lipinski definition) is 1. The Balaban J connectivity index is 1.69. The van der Waals surface area contributed by atoms with Crippen LogP contribution in [0.5, 0.6) is 0 Å². The summed E-state index contributed by atoms with van der Waals surface area (Å²) in [5, 5.41) is 13.0. The van der Waals surface area contributed by atoms with Gasteiger partial charge in [0.2, 0.25) is 0 Å². The first kappa shape index (κ1) is 17.5. The minimum absolute atomic E-state index is 0.143. The van der Waals surface area contributed by atoms with E-state index in [0.717, 1.165) is 42.6 Å². The average molecular weight is 365 g/mol. The number of nitrogens with one attached hydrogen (secondary N) is 1. The van der Waals surface area contributed by atoms with Crippen LogP contribution in [-0.2, 0) is 26.4 Å². The molecule has 7 heteroatoms. The molecule has 3 heterocycles. The van der Waals surface area contributed by atoms with Crippen LogP contribution < -0.4 is 5.56 Å². The quantitative estimate of drug-likeness (QED) is 0.768. The number of carbonyl (C=O) groups is 1. The molecule has 0 saturated heterocycles. The Bertz CT molecular complexity index is 1070. The fourth-order valence-corrected chi connectivity index (χ4v) is 3.69. The van der Waals surface area contributed by atoms with Crippen molar-refractivity contribution in [3.05, 3.63) is 57.3 Å². The summed E-state index contributed by atoms with van der Waals surface area (Å²) in [4.78, 5) is 27.4. The maximum Gasteiger partial charge on any atom is 0.275 e. The topological polar surface area (TPSA) is 83.9 Å². The number of nitrogens with zero attached hydrogens (tertiary/aromatic N) is 4. The number of hydrogen-bond acceptors (Lipinski definition) is 4. The van der Waals surface area contributed by atoms with Gasteiger partial charge in [-0.1, -0.05) is 31.5 Å². The maximum atomic E-state index is 13.3. The van der Waals surface area contributed by atoms with Gasteiger partial charge in [-0.2, -0.15) is 10.2 Å². The minimum atomic E-state index is -0.195. The molecule has 1 aliphatic rings. The third kappa shape index (κ3) is 3.03. The number of aromatic amines is 1. The minimum Gasteiger partial charge on any atom is -0.332 e. The summed E-state index contributed by atoms with van der Waals surface area (Å²) >= 11 is 0. The molecule has 4 rings (SSSR count). The van der Waals surface area contributed by atoms with Crippen molar-refractivity contribution in [3.63, 3.8) is 0 Å². The highest BCUT2D eigenvalue weighted by Gasteiger charge is 2.28.